The molecule has 2 aromatic heterocycles. The van der Waals surface area contributed by atoms with Crippen LogP contribution in [-0.2, 0) is 6.54 Å². The van der Waals surface area contributed by atoms with E-state index in [2.05, 4.69) is 15.2 Å². The lowest BCUT2D eigenvalue weighted by atomic mass is 10.0. The molecule has 2 heterocycles. The lowest BCUT2D eigenvalue weighted by molar-refractivity contribution is 0.0695. The number of amides is 1. The number of ether oxygens (including phenoxy) is 1. The molecule has 5 rings (SSSR count). The van der Waals surface area contributed by atoms with Crippen LogP contribution < -0.4 is 4.74 Å². The number of aromatic amines is 1. The summed E-state index contributed by atoms with van der Waals surface area (Å²) in [5.74, 6) is -0.0597. The Hall–Kier alpha value is -3.78. The SMILES string of the molecule is CCOc1cc(C(=O)N(Cc2cnc(C)c3cn[nH]c23)C2CC2O)ccc1-c1cccc(F)c1. The number of aromatic nitrogens is 3. The van der Waals surface area contributed by atoms with Crippen LogP contribution in [0.1, 0.15) is 35.0 Å². The van der Waals surface area contributed by atoms with Crippen molar-refractivity contribution in [3.05, 3.63) is 77.5 Å². The minimum absolute atomic E-state index is 0.221. The van der Waals surface area contributed by atoms with Gasteiger partial charge in [0.1, 0.15) is 11.6 Å². The van der Waals surface area contributed by atoms with E-state index >= 15 is 0 Å². The van der Waals surface area contributed by atoms with Crippen molar-refractivity contribution in [1.82, 2.24) is 20.1 Å². The first kappa shape index (κ1) is 22.0. The van der Waals surface area contributed by atoms with E-state index in [-0.39, 0.29) is 24.3 Å². The highest BCUT2D eigenvalue weighted by Gasteiger charge is 2.43. The third kappa shape index (κ3) is 4.12. The van der Waals surface area contributed by atoms with Gasteiger partial charge in [-0.2, -0.15) is 5.10 Å². The number of aryl methyl sites for hydroxylation is 1. The van der Waals surface area contributed by atoms with Gasteiger partial charge in [0.15, 0.2) is 0 Å². The molecule has 1 aliphatic carbocycles. The summed E-state index contributed by atoms with van der Waals surface area (Å²) in [6.45, 7) is 4.45. The summed E-state index contributed by atoms with van der Waals surface area (Å²) in [7, 11) is 0. The van der Waals surface area contributed by atoms with Crippen molar-refractivity contribution in [3.8, 4) is 16.9 Å². The third-order valence-electron chi connectivity index (χ3n) is 6.15. The number of hydrogen-bond donors (Lipinski definition) is 2. The molecule has 0 bridgehead atoms. The number of rotatable bonds is 7. The predicted octanol–water partition coefficient (Wildman–Crippen LogP) is 4.25. The first-order valence-corrected chi connectivity index (χ1v) is 11.3. The highest BCUT2D eigenvalue weighted by Crippen LogP contribution is 2.35. The summed E-state index contributed by atoms with van der Waals surface area (Å²) >= 11 is 0. The predicted molar refractivity (Wildman–Crippen MR) is 126 cm³/mol. The second kappa shape index (κ2) is 8.87. The number of nitrogens with zero attached hydrogens (tertiary/aromatic N) is 3. The summed E-state index contributed by atoms with van der Waals surface area (Å²) in [6, 6.07) is 11.2. The highest BCUT2D eigenvalue weighted by molar-refractivity contribution is 5.96. The van der Waals surface area contributed by atoms with Gasteiger partial charge in [-0.25, -0.2) is 4.39 Å². The van der Waals surface area contributed by atoms with Crippen LogP contribution >= 0.6 is 0 Å². The molecule has 1 saturated carbocycles. The fraction of sp³-hybridized carbons (Fsp3) is 0.269. The Morgan fingerprint density at radius 2 is 2.09 bits per heavy atom. The molecule has 2 atom stereocenters. The van der Waals surface area contributed by atoms with Crippen molar-refractivity contribution in [1.29, 1.82) is 0 Å². The average molecular weight is 461 g/mol. The topological polar surface area (TPSA) is 91.3 Å². The molecule has 1 amide bonds. The van der Waals surface area contributed by atoms with Crippen LogP contribution in [-0.4, -0.2) is 49.8 Å². The van der Waals surface area contributed by atoms with Crippen LogP contribution in [0.15, 0.2) is 54.9 Å². The van der Waals surface area contributed by atoms with Gasteiger partial charge in [0, 0.05) is 34.0 Å². The number of pyridine rings is 1. The van der Waals surface area contributed by atoms with Crippen LogP contribution in [0, 0.1) is 12.7 Å². The number of aliphatic hydroxyl groups is 1. The number of nitrogens with one attached hydrogen (secondary N) is 1. The largest absolute Gasteiger partial charge is 0.493 e. The van der Waals surface area contributed by atoms with Crippen molar-refractivity contribution >= 4 is 16.8 Å². The van der Waals surface area contributed by atoms with E-state index < -0.39 is 6.10 Å². The summed E-state index contributed by atoms with van der Waals surface area (Å²) in [4.78, 5) is 19.7. The summed E-state index contributed by atoms with van der Waals surface area (Å²) in [5, 5.41) is 18.2. The van der Waals surface area contributed by atoms with Gasteiger partial charge in [-0.1, -0.05) is 12.1 Å². The molecule has 0 aliphatic heterocycles. The monoisotopic (exact) mass is 460 g/mol. The van der Waals surface area contributed by atoms with Crippen LogP contribution in [0.5, 0.6) is 5.75 Å². The van der Waals surface area contributed by atoms with Crippen molar-refractivity contribution < 1.29 is 19.0 Å². The molecule has 7 nitrogen and oxygen atoms in total. The number of benzene rings is 2. The van der Waals surface area contributed by atoms with Crippen molar-refractivity contribution in [2.45, 2.75) is 39.0 Å². The minimum atomic E-state index is -0.558. The molecule has 1 fully saturated rings. The van der Waals surface area contributed by atoms with Crippen molar-refractivity contribution in [3.63, 3.8) is 0 Å². The van der Waals surface area contributed by atoms with E-state index in [1.54, 1.807) is 47.6 Å². The number of halogens is 1. The lowest BCUT2D eigenvalue weighted by Crippen LogP contribution is -2.34. The van der Waals surface area contributed by atoms with Crippen LogP contribution in [0.25, 0.3) is 22.0 Å². The number of H-pyrrole nitrogens is 1. The van der Waals surface area contributed by atoms with Crippen LogP contribution in [0.3, 0.4) is 0 Å². The van der Waals surface area contributed by atoms with Gasteiger partial charge in [0.2, 0.25) is 0 Å². The van der Waals surface area contributed by atoms with Gasteiger partial charge in [-0.05, 0) is 56.2 Å². The first-order chi connectivity index (χ1) is 16.5. The van der Waals surface area contributed by atoms with E-state index in [0.717, 1.165) is 22.2 Å². The van der Waals surface area contributed by atoms with Crippen LogP contribution in [0.2, 0.25) is 0 Å². The van der Waals surface area contributed by atoms with E-state index in [0.29, 0.717) is 35.5 Å². The maximum atomic E-state index is 13.8. The van der Waals surface area contributed by atoms with E-state index in [1.165, 1.54) is 12.1 Å². The van der Waals surface area contributed by atoms with Crippen LogP contribution in [0.4, 0.5) is 4.39 Å². The van der Waals surface area contributed by atoms with Gasteiger partial charge in [0.05, 0.1) is 37.0 Å². The molecule has 34 heavy (non-hydrogen) atoms. The molecule has 1 aliphatic rings. The second-order valence-electron chi connectivity index (χ2n) is 8.49. The number of carbonyl (C=O) groups excluding carboxylic acids is 1. The van der Waals surface area contributed by atoms with Gasteiger partial charge < -0.3 is 14.7 Å². The standard InChI is InChI=1S/C26H25FN4O3/c1-3-34-24-10-17(7-8-20(24)16-5-4-6-19(27)9-16)26(33)31(22-11-23(22)32)14-18-12-28-15(2)21-13-29-30-25(18)21/h4-10,12-13,22-23,32H,3,11,14H2,1-2H3,(H,29,30). The zero-order valence-corrected chi connectivity index (χ0v) is 19.0. The molecule has 0 saturated heterocycles. The molecule has 0 radical (unpaired) electrons. The Bertz CT molecular complexity index is 1370. The quantitative estimate of drug-likeness (QED) is 0.430. The van der Waals surface area contributed by atoms with Crippen molar-refractivity contribution in [2.75, 3.05) is 6.61 Å². The van der Waals surface area contributed by atoms with Gasteiger partial charge in [-0.3, -0.25) is 14.9 Å². The fourth-order valence-corrected chi connectivity index (χ4v) is 4.25. The summed E-state index contributed by atoms with van der Waals surface area (Å²) in [5.41, 5.74) is 4.32. The Kier molecular flexibility index (Phi) is 5.75. The van der Waals surface area contributed by atoms with Gasteiger partial charge in [0.25, 0.3) is 5.91 Å². The van der Waals surface area contributed by atoms with E-state index in [9.17, 15) is 14.3 Å². The Morgan fingerprint density at radius 1 is 1.26 bits per heavy atom. The molecule has 2 unspecified atom stereocenters. The molecular weight excluding hydrogens is 435 g/mol. The smallest absolute Gasteiger partial charge is 0.254 e. The number of hydrogen-bond acceptors (Lipinski definition) is 5. The van der Waals surface area contributed by atoms with E-state index in [1.807, 2.05) is 13.8 Å². The fourth-order valence-electron chi connectivity index (χ4n) is 4.25. The molecule has 8 heteroatoms. The zero-order chi connectivity index (χ0) is 23.8. The molecule has 4 aromatic rings. The zero-order valence-electron chi connectivity index (χ0n) is 19.0. The second-order valence-corrected chi connectivity index (χ2v) is 8.49. The van der Waals surface area contributed by atoms with Gasteiger partial charge in [-0.15, -0.1) is 0 Å². The molecule has 2 aromatic carbocycles. The maximum Gasteiger partial charge on any atom is 0.254 e. The summed E-state index contributed by atoms with van der Waals surface area (Å²) in [6.07, 6.45) is 3.43. The average Bonchev–Trinajstić information content (AvgIpc) is 3.33. The Morgan fingerprint density at radius 3 is 2.82 bits per heavy atom. The Labute approximate surface area is 196 Å². The number of carbonyl (C=O) groups is 1. The van der Waals surface area contributed by atoms with Gasteiger partial charge >= 0.3 is 0 Å². The minimum Gasteiger partial charge on any atom is -0.493 e. The highest BCUT2D eigenvalue weighted by atomic mass is 19.1. The lowest BCUT2D eigenvalue weighted by Gasteiger charge is -2.24. The first-order valence-electron chi connectivity index (χ1n) is 11.3. The maximum absolute atomic E-state index is 13.8. The molecule has 174 valence electrons. The third-order valence-corrected chi connectivity index (χ3v) is 6.15. The number of fused-ring (bicyclic) bond motifs is 1. The normalized spacial score (nSPS) is 17.1. The van der Waals surface area contributed by atoms with Crippen molar-refractivity contribution in [2.24, 2.45) is 0 Å². The van der Waals surface area contributed by atoms with E-state index in [4.69, 9.17) is 4.74 Å². The molecule has 2 N–H and O–H groups in total. The number of aliphatic hydroxyl groups excluding tert-OH is 1. The molecular formula is C26H25FN4O3. The molecule has 0 spiro atoms. The summed E-state index contributed by atoms with van der Waals surface area (Å²) < 4.78 is 19.6. The Balaban J connectivity index is 1.50.